The number of aryl methyl sites for hydroxylation is 2. The molecule has 5 aromatic rings. The Morgan fingerprint density at radius 1 is 1.06 bits per heavy atom. The van der Waals surface area contributed by atoms with Gasteiger partial charge in [0.05, 0.1) is 29.6 Å². The Hall–Kier alpha value is -4.47. The topological polar surface area (TPSA) is 121 Å². The largest absolute Gasteiger partial charge is 0.339 e. The van der Waals surface area contributed by atoms with E-state index in [4.69, 9.17) is 4.52 Å². The minimum Gasteiger partial charge on any atom is -0.339 e. The quantitative estimate of drug-likeness (QED) is 0.293. The van der Waals surface area contributed by atoms with Crippen LogP contribution in [-0.2, 0) is 19.9 Å². The highest BCUT2D eigenvalue weighted by Gasteiger charge is 2.29. The lowest BCUT2D eigenvalue weighted by Gasteiger charge is -2.05. The highest BCUT2D eigenvalue weighted by atomic mass is 16.5. The third kappa shape index (κ3) is 4.33. The van der Waals surface area contributed by atoms with E-state index in [1.165, 1.54) is 10.9 Å². The molecule has 0 unspecified atom stereocenters. The number of hydrogen-bond acceptors (Lipinski definition) is 8. The summed E-state index contributed by atoms with van der Waals surface area (Å²) in [6, 6.07) is 11.6. The normalized spacial score (nSPS) is 13.4. The molecule has 1 fully saturated rings. The standard InChI is InChI=1S/C26H23N7O3/c1-32-24(19(14-27-32)21(34)9-10-23-30-25(31-36-23)17-7-8-17)22(35)13-18-11-12-33-15-20(29-26(33)28-18)16-5-3-2-4-6-16/h2-6,11-12,14-15,17H,7-10,13H2,1H3. The van der Waals surface area contributed by atoms with Gasteiger partial charge in [0.25, 0.3) is 0 Å². The third-order valence-corrected chi connectivity index (χ3v) is 6.29. The van der Waals surface area contributed by atoms with Crippen molar-refractivity contribution in [3.63, 3.8) is 0 Å². The maximum absolute atomic E-state index is 13.2. The van der Waals surface area contributed by atoms with Crippen molar-refractivity contribution in [3.05, 3.63) is 83.7 Å². The van der Waals surface area contributed by atoms with Gasteiger partial charge < -0.3 is 4.52 Å². The second kappa shape index (κ2) is 8.95. The Bertz CT molecular complexity index is 1580. The molecule has 0 spiro atoms. The molecule has 6 rings (SSSR count). The molecular weight excluding hydrogens is 458 g/mol. The van der Waals surface area contributed by atoms with Gasteiger partial charge in [-0.1, -0.05) is 35.5 Å². The van der Waals surface area contributed by atoms with Crippen LogP contribution in [0.25, 0.3) is 17.0 Å². The van der Waals surface area contributed by atoms with E-state index >= 15 is 0 Å². The van der Waals surface area contributed by atoms with Crippen molar-refractivity contribution in [2.75, 3.05) is 0 Å². The summed E-state index contributed by atoms with van der Waals surface area (Å²) in [6.07, 6.45) is 7.83. The summed E-state index contributed by atoms with van der Waals surface area (Å²) in [7, 11) is 1.65. The van der Waals surface area contributed by atoms with Crippen LogP contribution < -0.4 is 0 Å². The van der Waals surface area contributed by atoms with Crippen molar-refractivity contribution in [1.29, 1.82) is 0 Å². The van der Waals surface area contributed by atoms with E-state index < -0.39 is 0 Å². The van der Waals surface area contributed by atoms with Gasteiger partial charge >= 0.3 is 0 Å². The summed E-state index contributed by atoms with van der Waals surface area (Å²) in [6.45, 7) is 0. The Labute approximate surface area is 206 Å². The second-order valence-electron chi connectivity index (χ2n) is 8.99. The van der Waals surface area contributed by atoms with E-state index in [0.717, 1.165) is 24.1 Å². The highest BCUT2D eigenvalue weighted by Crippen LogP contribution is 2.38. The molecule has 0 bridgehead atoms. The van der Waals surface area contributed by atoms with Crippen LogP contribution in [0.5, 0.6) is 0 Å². The summed E-state index contributed by atoms with van der Waals surface area (Å²) >= 11 is 0. The molecular formula is C26H23N7O3. The van der Waals surface area contributed by atoms with Gasteiger partial charge in [-0.15, -0.1) is 0 Å². The van der Waals surface area contributed by atoms with Crippen LogP contribution in [0.1, 0.15) is 63.4 Å². The average molecular weight is 482 g/mol. The number of aromatic nitrogens is 7. The first-order valence-corrected chi connectivity index (χ1v) is 11.9. The summed E-state index contributed by atoms with van der Waals surface area (Å²) in [5.74, 6) is 1.62. The number of hydrogen-bond donors (Lipinski definition) is 0. The first kappa shape index (κ1) is 22.0. The highest BCUT2D eigenvalue weighted by molar-refractivity contribution is 6.08. The van der Waals surface area contributed by atoms with Crippen LogP contribution in [0.15, 0.2) is 59.5 Å². The average Bonchev–Trinajstić information content (AvgIpc) is 3.29. The lowest BCUT2D eigenvalue weighted by Crippen LogP contribution is -2.15. The zero-order valence-electron chi connectivity index (χ0n) is 19.7. The molecule has 4 aromatic heterocycles. The maximum atomic E-state index is 13.2. The zero-order valence-corrected chi connectivity index (χ0v) is 19.7. The predicted octanol–water partition coefficient (Wildman–Crippen LogP) is 3.63. The SMILES string of the molecule is Cn1ncc(C(=O)CCc2nc(C3CC3)no2)c1C(=O)Cc1ccn2cc(-c3ccccc3)nc2n1. The molecule has 10 heteroatoms. The monoisotopic (exact) mass is 481 g/mol. The summed E-state index contributed by atoms with van der Waals surface area (Å²) < 4.78 is 8.52. The van der Waals surface area contributed by atoms with E-state index in [2.05, 4.69) is 25.2 Å². The molecule has 1 aliphatic carbocycles. The molecule has 1 saturated carbocycles. The van der Waals surface area contributed by atoms with Gasteiger partial charge in [0, 0.05) is 43.8 Å². The minimum absolute atomic E-state index is 0.0260. The molecule has 4 heterocycles. The third-order valence-electron chi connectivity index (χ3n) is 6.29. The molecule has 0 amide bonds. The first-order chi connectivity index (χ1) is 17.5. The van der Waals surface area contributed by atoms with Gasteiger partial charge in [-0.3, -0.25) is 18.7 Å². The van der Waals surface area contributed by atoms with E-state index in [0.29, 0.717) is 35.5 Å². The Kier molecular flexibility index (Phi) is 5.48. The lowest BCUT2D eigenvalue weighted by atomic mass is 10.0. The smallest absolute Gasteiger partial charge is 0.234 e. The second-order valence-corrected chi connectivity index (χ2v) is 8.99. The number of Topliss-reactive ketones (excluding diaryl/α,β-unsaturated/α-hetero) is 2. The van der Waals surface area contributed by atoms with Crippen LogP contribution in [-0.4, -0.2) is 45.9 Å². The number of rotatable bonds is 9. The van der Waals surface area contributed by atoms with Crippen molar-refractivity contribution < 1.29 is 14.1 Å². The van der Waals surface area contributed by atoms with Crippen LogP contribution >= 0.6 is 0 Å². The van der Waals surface area contributed by atoms with Gasteiger partial charge in [-0.25, -0.2) is 9.97 Å². The molecule has 10 nitrogen and oxygen atoms in total. The van der Waals surface area contributed by atoms with Crippen molar-refractivity contribution >= 4 is 17.3 Å². The molecule has 1 aliphatic rings. The van der Waals surface area contributed by atoms with E-state index in [1.807, 2.05) is 47.1 Å². The number of benzene rings is 1. The maximum Gasteiger partial charge on any atom is 0.234 e. The molecule has 0 aliphatic heterocycles. The zero-order chi connectivity index (χ0) is 24.6. The van der Waals surface area contributed by atoms with Gasteiger partial charge in [0.2, 0.25) is 11.7 Å². The first-order valence-electron chi connectivity index (χ1n) is 11.9. The van der Waals surface area contributed by atoms with Gasteiger partial charge in [0.1, 0.15) is 5.69 Å². The molecule has 0 atom stereocenters. The minimum atomic E-state index is -0.237. The Morgan fingerprint density at radius 3 is 2.69 bits per heavy atom. The molecule has 0 saturated heterocycles. The summed E-state index contributed by atoms with van der Waals surface area (Å²) in [5.41, 5.74) is 2.91. The predicted molar refractivity (Wildman–Crippen MR) is 129 cm³/mol. The molecule has 180 valence electrons. The molecule has 1 aromatic carbocycles. The Morgan fingerprint density at radius 2 is 1.89 bits per heavy atom. The summed E-state index contributed by atoms with van der Waals surface area (Å²) in [5, 5.41) is 8.15. The van der Waals surface area contributed by atoms with E-state index in [1.54, 1.807) is 13.1 Å². The van der Waals surface area contributed by atoms with E-state index in [9.17, 15) is 9.59 Å². The van der Waals surface area contributed by atoms with E-state index in [-0.39, 0.29) is 35.7 Å². The van der Waals surface area contributed by atoms with Crippen LogP contribution in [0, 0.1) is 0 Å². The fraction of sp³-hybridized carbons (Fsp3) is 0.269. The summed E-state index contributed by atoms with van der Waals surface area (Å²) in [4.78, 5) is 39.7. The number of ketones is 2. The van der Waals surface area contributed by atoms with Crippen molar-refractivity contribution in [2.45, 2.75) is 38.0 Å². The fourth-order valence-corrected chi connectivity index (χ4v) is 4.21. The fourth-order valence-electron chi connectivity index (χ4n) is 4.21. The van der Waals surface area contributed by atoms with Crippen molar-refractivity contribution in [2.24, 2.45) is 7.05 Å². The number of fused-ring (bicyclic) bond motifs is 1. The number of carbonyl (C=O) groups is 2. The van der Waals surface area contributed by atoms with Crippen LogP contribution in [0.4, 0.5) is 0 Å². The van der Waals surface area contributed by atoms with Gasteiger partial charge in [0.15, 0.2) is 17.4 Å². The van der Waals surface area contributed by atoms with Crippen molar-refractivity contribution in [1.82, 2.24) is 34.3 Å². The lowest BCUT2D eigenvalue weighted by molar-refractivity contribution is 0.0947. The number of nitrogens with zero attached hydrogens (tertiary/aromatic N) is 7. The number of carbonyl (C=O) groups excluding carboxylic acids is 2. The van der Waals surface area contributed by atoms with Gasteiger partial charge in [-0.05, 0) is 18.9 Å². The molecule has 36 heavy (non-hydrogen) atoms. The van der Waals surface area contributed by atoms with Gasteiger partial charge in [-0.2, -0.15) is 10.1 Å². The van der Waals surface area contributed by atoms with Crippen molar-refractivity contribution in [3.8, 4) is 11.3 Å². The molecule has 0 N–H and O–H groups in total. The van der Waals surface area contributed by atoms with Crippen LogP contribution in [0.2, 0.25) is 0 Å². The number of imidazole rings is 1. The Balaban J connectivity index is 1.17. The van der Waals surface area contributed by atoms with Crippen LogP contribution in [0.3, 0.4) is 0 Å². The molecule has 0 radical (unpaired) electrons.